The van der Waals surface area contributed by atoms with Crippen molar-refractivity contribution in [1.29, 1.82) is 0 Å². The molecule has 4 nitrogen and oxygen atoms in total. The standard InChI is InChI=1S/C7H13NO3S.Y/c1-7(2,3)6-8-12(10,11)5-4-9;/h6,8H,5H2,1-3H3;/q-2;. The maximum absolute atomic E-state index is 10.9. The Morgan fingerprint density at radius 1 is 1.38 bits per heavy atom. The third-order valence-electron chi connectivity index (χ3n) is 0.920. The van der Waals surface area contributed by atoms with E-state index in [-0.39, 0.29) is 38.1 Å². The second-order valence-corrected chi connectivity index (χ2v) is 5.29. The van der Waals surface area contributed by atoms with Gasteiger partial charge in [0.05, 0.1) is 0 Å². The first-order valence-electron chi connectivity index (χ1n) is 3.46. The average molecular weight is 280 g/mol. The normalized spacial score (nSPS) is 11.9. The van der Waals surface area contributed by atoms with E-state index in [0.717, 1.165) is 0 Å². The van der Waals surface area contributed by atoms with Gasteiger partial charge in [0.2, 0.25) is 0 Å². The van der Waals surface area contributed by atoms with Crippen molar-refractivity contribution in [3.8, 4) is 0 Å². The van der Waals surface area contributed by atoms with Crippen LogP contribution in [0.2, 0.25) is 0 Å². The van der Waals surface area contributed by atoms with Gasteiger partial charge in [-0.05, 0) is 5.75 Å². The van der Waals surface area contributed by atoms with Crippen LogP contribution in [0, 0.1) is 12.0 Å². The smallest absolute Gasteiger partial charge is 0.159 e. The molecule has 1 N–H and O–H groups in total. The molecule has 0 aromatic rings. The van der Waals surface area contributed by atoms with Gasteiger partial charge in [0.1, 0.15) is 0 Å². The molecule has 0 rings (SSSR count). The van der Waals surface area contributed by atoms with E-state index in [4.69, 9.17) is 0 Å². The van der Waals surface area contributed by atoms with Gasteiger partial charge >= 0.3 is 0 Å². The number of carbonyl (C=O) groups excluding carboxylic acids is 1. The van der Waals surface area contributed by atoms with Crippen LogP contribution >= 0.6 is 0 Å². The Morgan fingerprint density at radius 2 is 1.85 bits per heavy atom. The molecule has 0 unspecified atom stereocenters. The van der Waals surface area contributed by atoms with Gasteiger partial charge < -0.3 is 9.52 Å². The Hall–Kier alpha value is 0.684. The molecule has 0 aliphatic rings. The van der Waals surface area contributed by atoms with E-state index in [9.17, 15) is 13.2 Å². The van der Waals surface area contributed by atoms with Crippen molar-refractivity contribution < 1.29 is 45.9 Å². The van der Waals surface area contributed by atoms with Crippen molar-refractivity contribution in [2.24, 2.45) is 5.41 Å². The van der Waals surface area contributed by atoms with Crippen LogP contribution in [-0.2, 0) is 47.5 Å². The Labute approximate surface area is 105 Å². The summed E-state index contributed by atoms with van der Waals surface area (Å²) in [7, 11) is -3.49. The summed E-state index contributed by atoms with van der Waals surface area (Å²) in [5.74, 6) is -0.612. The predicted molar refractivity (Wildman–Crippen MR) is 46.4 cm³/mol. The van der Waals surface area contributed by atoms with Crippen LogP contribution in [0.5, 0.6) is 0 Å². The van der Waals surface area contributed by atoms with Gasteiger partial charge in [-0.25, -0.2) is 21.2 Å². The molecule has 0 aromatic carbocycles. The Bertz CT molecular complexity index is 243. The topological polar surface area (TPSA) is 63.2 Å². The maximum Gasteiger partial charge on any atom is 0.159 e. The van der Waals surface area contributed by atoms with Crippen molar-refractivity contribution in [2.45, 2.75) is 20.8 Å². The molecule has 6 heteroatoms. The first-order valence-corrected chi connectivity index (χ1v) is 5.11. The van der Waals surface area contributed by atoms with E-state index >= 15 is 0 Å². The van der Waals surface area contributed by atoms with Gasteiger partial charge in [0.25, 0.3) is 0 Å². The molecule has 0 atom stereocenters. The Balaban J connectivity index is 0. The summed E-state index contributed by atoms with van der Waals surface area (Å²) in [5.41, 5.74) is -0.240. The van der Waals surface area contributed by atoms with Gasteiger partial charge in [-0.2, -0.15) is 5.41 Å². The fourth-order valence-corrected chi connectivity index (χ4v) is 1.16. The van der Waals surface area contributed by atoms with Crippen molar-refractivity contribution in [3.63, 3.8) is 0 Å². The van der Waals surface area contributed by atoms with Crippen molar-refractivity contribution in [1.82, 2.24) is 4.72 Å². The largest absolute Gasteiger partial charge is 0.541 e. The zero-order valence-corrected chi connectivity index (χ0v) is 11.6. The zero-order chi connectivity index (χ0) is 9.83. The number of hydrogen-bond donors (Lipinski definition) is 1. The van der Waals surface area contributed by atoms with E-state index in [1.165, 1.54) is 12.8 Å². The minimum Gasteiger partial charge on any atom is -0.541 e. The van der Waals surface area contributed by atoms with E-state index in [1.807, 2.05) is 20.8 Å². The van der Waals surface area contributed by atoms with Crippen molar-refractivity contribution >= 4 is 16.3 Å². The van der Waals surface area contributed by atoms with Gasteiger partial charge in [-0.1, -0.05) is 20.8 Å². The quantitative estimate of drug-likeness (QED) is 0.749. The molecular weight excluding hydrogens is 267 g/mol. The molecule has 0 saturated carbocycles. The fraction of sp³-hybridized carbons (Fsp3) is 0.714. The molecule has 0 amide bonds. The number of hydrogen-bond acceptors (Lipinski definition) is 3. The van der Waals surface area contributed by atoms with Crippen LogP contribution in [0.15, 0.2) is 0 Å². The molecule has 0 aromatic heterocycles. The van der Waals surface area contributed by atoms with Gasteiger partial charge in [-0.3, -0.25) is 0 Å². The molecule has 0 bridgehead atoms. The van der Waals surface area contributed by atoms with E-state index in [2.05, 4.69) is 4.72 Å². The van der Waals surface area contributed by atoms with Crippen LogP contribution in [0.1, 0.15) is 20.8 Å². The van der Waals surface area contributed by atoms with Crippen LogP contribution < -0.4 is 4.72 Å². The molecule has 0 fully saturated rings. The second kappa shape index (κ2) is 6.22. The van der Waals surface area contributed by atoms with Crippen molar-refractivity contribution in [2.75, 3.05) is 5.75 Å². The number of sulfonamides is 1. The minimum absolute atomic E-state index is 0. The molecule has 1 radical (unpaired) electrons. The molecule has 75 valence electrons. The van der Waals surface area contributed by atoms with Crippen LogP contribution in [0.4, 0.5) is 0 Å². The van der Waals surface area contributed by atoms with Gasteiger partial charge in [0, 0.05) is 32.7 Å². The average Bonchev–Trinajstić information content (AvgIpc) is 1.83. The first-order chi connectivity index (χ1) is 5.27. The third kappa shape index (κ3) is 10.6. The Morgan fingerprint density at radius 3 is 2.15 bits per heavy atom. The number of nitrogens with one attached hydrogen (secondary N) is 1. The summed E-state index contributed by atoms with van der Waals surface area (Å²) in [6.07, 6.45) is 1.32. The second-order valence-electron chi connectivity index (χ2n) is 3.53. The van der Waals surface area contributed by atoms with E-state index in [1.54, 1.807) is 0 Å². The Kier molecular flexibility index (Phi) is 7.72. The van der Waals surface area contributed by atoms with Crippen molar-refractivity contribution in [3.05, 3.63) is 6.54 Å². The summed E-state index contributed by atoms with van der Waals surface area (Å²) in [4.78, 5) is 9.79. The van der Waals surface area contributed by atoms with Crippen LogP contribution in [-0.4, -0.2) is 20.5 Å². The maximum atomic E-state index is 10.9. The molecule has 0 saturated heterocycles. The monoisotopic (exact) mass is 280 g/mol. The molecular formula is C7H13NO3SY-2. The minimum atomic E-state index is -3.49. The van der Waals surface area contributed by atoms with Crippen LogP contribution in [0.3, 0.4) is 0 Å². The first kappa shape index (κ1) is 16.1. The zero-order valence-electron chi connectivity index (χ0n) is 7.99. The summed E-state index contributed by atoms with van der Waals surface area (Å²) in [5, 5.41) is 0. The summed E-state index contributed by atoms with van der Waals surface area (Å²) >= 11 is 0. The molecule has 0 spiro atoms. The molecule has 0 aliphatic carbocycles. The third-order valence-corrected chi connectivity index (χ3v) is 1.90. The molecule has 0 heterocycles. The summed E-state index contributed by atoms with van der Waals surface area (Å²) < 4.78 is 23.9. The van der Waals surface area contributed by atoms with Crippen LogP contribution in [0.25, 0.3) is 0 Å². The molecule has 0 aliphatic heterocycles. The van der Waals surface area contributed by atoms with E-state index in [0.29, 0.717) is 0 Å². The molecule has 13 heavy (non-hydrogen) atoms. The van der Waals surface area contributed by atoms with Gasteiger partial charge in [-0.15, -0.1) is 0 Å². The number of rotatable bonds is 4. The fourth-order valence-electron chi connectivity index (χ4n) is 0.386. The van der Waals surface area contributed by atoms with E-state index < -0.39 is 15.8 Å². The van der Waals surface area contributed by atoms with Gasteiger partial charge in [0.15, 0.2) is 10.0 Å². The summed E-state index contributed by atoms with van der Waals surface area (Å²) in [6.45, 7) is 6.97. The predicted octanol–water partition coefficient (Wildman–Crippen LogP) is 0.221. The summed E-state index contributed by atoms with van der Waals surface area (Å²) in [6, 6.07) is 0. The SMILES string of the molecule is CC(C)(C)[CH-]NS(=O)(=O)C[C-]=O.[Y].